The van der Waals surface area contributed by atoms with E-state index < -0.39 is 13.1 Å². The van der Waals surface area contributed by atoms with Gasteiger partial charge in [0.1, 0.15) is 0 Å². The molecule has 0 aliphatic heterocycles. The van der Waals surface area contributed by atoms with Crippen molar-refractivity contribution >= 4 is 7.60 Å². The average Bonchev–Trinajstić information content (AvgIpc) is 2.43. The lowest BCUT2D eigenvalue weighted by molar-refractivity contribution is -0.167. The van der Waals surface area contributed by atoms with Crippen LogP contribution >= 0.6 is 7.60 Å². The van der Waals surface area contributed by atoms with E-state index >= 15 is 0 Å². The third-order valence-corrected chi connectivity index (χ3v) is 5.52. The first kappa shape index (κ1) is 17.3. The van der Waals surface area contributed by atoms with E-state index in [1.54, 1.807) is 19.9 Å². The monoisotopic (exact) mass is 302 g/mol. The van der Waals surface area contributed by atoms with E-state index in [0.29, 0.717) is 5.56 Å². The number of hydrogen-bond acceptors (Lipinski definition) is 5. The highest BCUT2D eigenvalue weighted by atomic mass is 31.2. The van der Waals surface area contributed by atoms with Gasteiger partial charge in [-0.25, -0.2) is 0 Å². The van der Waals surface area contributed by atoms with Crippen LogP contribution in [0.4, 0.5) is 0 Å². The number of ether oxygens (including phenoxy) is 2. The molecular weight excluding hydrogens is 279 g/mol. The fourth-order valence-corrected chi connectivity index (χ4v) is 4.24. The predicted molar refractivity (Wildman–Crippen MR) is 77.7 cm³/mol. The maximum atomic E-state index is 13.2. The molecule has 1 rings (SSSR count). The summed E-state index contributed by atoms with van der Waals surface area (Å²) in [6.07, 6.45) is 0. The maximum absolute atomic E-state index is 13.2. The van der Waals surface area contributed by atoms with Gasteiger partial charge in [-0.2, -0.15) is 0 Å². The van der Waals surface area contributed by atoms with E-state index in [9.17, 15) is 4.57 Å². The highest BCUT2D eigenvalue weighted by Gasteiger charge is 2.55. The molecule has 6 heteroatoms. The Labute approximate surface area is 120 Å². The lowest BCUT2D eigenvalue weighted by Gasteiger charge is -2.37. The van der Waals surface area contributed by atoms with Crippen LogP contribution in [0.1, 0.15) is 25.0 Å². The molecule has 5 nitrogen and oxygen atoms in total. The van der Waals surface area contributed by atoms with Crippen LogP contribution in [-0.4, -0.2) is 27.4 Å². The molecule has 0 aromatic heterocycles. The topological polar surface area (TPSA) is 54.0 Å². The summed E-state index contributed by atoms with van der Waals surface area (Å²) in [6.45, 7) is 5.86. The normalized spacial score (nSPS) is 12.7. The Morgan fingerprint density at radius 2 is 1.55 bits per heavy atom. The zero-order valence-corrected chi connectivity index (χ0v) is 13.6. The molecule has 0 spiro atoms. The highest BCUT2D eigenvalue weighted by molar-refractivity contribution is 7.54. The molecule has 0 amide bonds. The van der Waals surface area contributed by atoms with Crippen molar-refractivity contribution in [2.24, 2.45) is 0 Å². The summed E-state index contributed by atoms with van der Waals surface area (Å²) in [7, 11) is -0.791. The molecule has 0 unspecified atom stereocenters. The van der Waals surface area contributed by atoms with Crippen molar-refractivity contribution in [3.05, 3.63) is 35.4 Å². The molecule has 0 aliphatic rings. The quantitative estimate of drug-likeness (QED) is 0.542. The second-order valence-corrected chi connectivity index (χ2v) is 6.24. The minimum absolute atomic E-state index is 0.234. The summed E-state index contributed by atoms with van der Waals surface area (Å²) < 4.78 is 35.0. The standard InChI is InChI=1S/C14H23O5P/c1-6-18-20(15,19-7-2)14(16-4,17-5)13-11-9-8-10-12(13)3/h8-11H,6-7H2,1-5H3. The summed E-state index contributed by atoms with van der Waals surface area (Å²) in [5.41, 5.74) is -0.0456. The zero-order chi connectivity index (χ0) is 15.2. The van der Waals surface area contributed by atoms with Crippen LogP contribution in [0.15, 0.2) is 24.3 Å². The van der Waals surface area contributed by atoms with Crippen molar-refractivity contribution in [2.45, 2.75) is 26.3 Å². The lowest BCUT2D eigenvalue weighted by Crippen LogP contribution is -2.33. The fourth-order valence-electron chi connectivity index (χ4n) is 2.15. The van der Waals surface area contributed by atoms with Crippen LogP contribution in [0.25, 0.3) is 0 Å². The van der Waals surface area contributed by atoms with E-state index in [2.05, 4.69) is 0 Å². The van der Waals surface area contributed by atoms with Gasteiger partial charge in [0, 0.05) is 19.8 Å². The molecule has 0 radical (unpaired) electrons. The first-order chi connectivity index (χ1) is 9.51. The molecule has 0 N–H and O–H groups in total. The Morgan fingerprint density at radius 1 is 1.05 bits per heavy atom. The van der Waals surface area contributed by atoms with Crippen molar-refractivity contribution in [2.75, 3.05) is 27.4 Å². The number of aryl methyl sites for hydroxylation is 1. The van der Waals surface area contributed by atoms with Crippen LogP contribution in [0.2, 0.25) is 0 Å². The number of benzene rings is 1. The van der Waals surface area contributed by atoms with Crippen molar-refractivity contribution in [3.63, 3.8) is 0 Å². The second-order valence-electron chi connectivity index (χ2n) is 4.14. The Balaban J connectivity index is 3.47. The third-order valence-electron chi connectivity index (χ3n) is 3.00. The average molecular weight is 302 g/mol. The summed E-state index contributed by atoms with van der Waals surface area (Å²) in [5.74, 6) is 0. The molecule has 1 aromatic carbocycles. The van der Waals surface area contributed by atoms with Gasteiger partial charge in [0.25, 0.3) is 0 Å². The second kappa shape index (κ2) is 7.34. The van der Waals surface area contributed by atoms with Crippen molar-refractivity contribution in [1.82, 2.24) is 0 Å². The maximum Gasteiger partial charge on any atom is 0.394 e. The van der Waals surface area contributed by atoms with Gasteiger partial charge in [-0.1, -0.05) is 24.3 Å². The molecule has 0 bridgehead atoms. The van der Waals surface area contributed by atoms with Crippen LogP contribution in [0.5, 0.6) is 0 Å². The Hall–Kier alpha value is -0.710. The Bertz CT molecular complexity index is 460. The fraction of sp³-hybridized carbons (Fsp3) is 0.571. The SMILES string of the molecule is CCOP(=O)(OCC)C(OC)(OC)c1ccccc1C. The minimum Gasteiger partial charge on any atom is -0.340 e. The van der Waals surface area contributed by atoms with Gasteiger partial charge < -0.3 is 18.5 Å². The van der Waals surface area contributed by atoms with Crippen LogP contribution < -0.4 is 0 Å². The Kier molecular flexibility index (Phi) is 6.37. The van der Waals surface area contributed by atoms with Crippen molar-refractivity contribution < 1.29 is 23.1 Å². The van der Waals surface area contributed by atoms with Crippen molar-refractivity contribution in [3.8, 4) is 0 Å². The smallest absolute Gasteiger partial charge is 0.340 e. The molecule has 0 atom stereocenters. The van der Waals surface area contributed by atoms with Gasteiger partial charge in [-0.3, -0.25) is 4.57 Å². The summed E-state index contributed by atoms with van der Waals surface area (Å²) in [5, 5.41) is 0. The molecule has 0 fully saturated rings. The molecule has 1 aromatic rings. The minimum atomic E-state index is -3.65. The lowest BCUT2D eigenvalue weighted by atomic mass is 10.1. The summed E-state index contributed by atoms with van der Waals surface area (Å²) >= 11 is 0. The molecule has 0 saturated carbocycles. The molecule has 0 heterocycles. The zero-order valence-electron chi connectivity index (χ0n) is 12.7. The molecule has 0 aliphatic carbocycles. The van der Waals surface area contributed by atoms with E-state index in [1.807, 2.05) is 25.1 Å². The van der Waals surface area contributed by atoms with Gasteiger partial charge in [-0.05, 0) is 26.3 Å². The highest BCUT2D eigenvalue weighted by Crippen LogP contribution is 2.66. The van der Waals surface area contributed by atoms with E-state index in [0.717, 1.165) is 5.56 Å². The molecule has 20 heavy (non-hydrogen) atoms. The van der Waals surface area contributed by atoms with Gasteiger partial charge >= 0.3 is 13.1 Å². The molecular formula is C14H23O5P. The van der Waals surface area contributed by atoms with Gasteiger partial charge in [0.05, 0.1) is 13.2 Å². The first-order valence-electron chi connectivity index (χ1n) is 6.56. The summed E-state index contributed by atoms with van der Waals surface area (Å²) in [6, 6.07) is 7.41. The van der Waals surface area contributed by atoms with Crippen molar-refractivity contribution in [1.29, 1.82) is 0 Å². The molecule has 114 valence electrons. The number of rotatable bonds is 8. The predicted octanol–water partition coefficient (Wildman–Crippen LogP) is 3.66. The van der Waals surface area contributed by atoms with E-state index in [1.165, 1.54) is 14.2 Å². The van der Waals surface area contributed by atoms with Crippen LogP contribution in [0.3, 0.4) is 0 Å². The van der Waals surface area contributed by atoms with Crippen LogP contribution in [0, 0.1) is 6.92 Å². The first-order valence-corrected chi connectivity index (χ1v) is 8.11. The largest absolute Gasteiger partial charge is 0.394 e. The molecule has 0 saturated heterocycles. The van der Waals surface area contributed by atoms with Crippen LogP contribution in [-0.2, 0) is 28.6 Å². The Morgan fingerprint density at radius 3 is 1.95 bits per heavy atom. The third kappa shape index (κ3) is 2.97. The van der Waals surface area contributed by atoms with Gasteiger partial charge in [0.2, 0.25) is 0 Å². The number of methoxy groups -OCH3 is 2. The van der Waals surface area contributed by atoms with Gasteiger partial charge in [-0.15, -0.1) is 0 Å². The van der Waals surface area contributed by atoms with Gasteiger partial charge in [0.15, 0.2) is 0 Å². The van der Waals surface area contributed by atoms with E-state index in [-0.39, 0.29) is 13.2 Å². The summed E-state index contributed by atoms with van der Waals surface area (Å²) in [4.78, 5) is 0. The number of hydrogen-bond donors (Lipinski definition) is 0. The van der Waals surface area contributed by atoms with E-state index in [4.69, 9.17) is 18.5 Å².